The molecule has 53 heavy (non-hydrogen) atoms. The summed E-state index contributed by atoms with van der Waals surface area (Å²) >= 11 is 0. The molecule has 0 saturated heterocycles. The number of benzene rings is 4. The Morgan fingerprint density at radius 2 is 1.08 bits per heavy atom. The lowest BCUT2D eigenvalue weighted by atomic mass is 9.89. The summed E-state index contributed by atoms with van der Waals surface area (Å²) in [5.41, 5.74) is 3.32. The zero-order valence-corrected chi connectivity index (χ0v) is 32.2. The minimum absolute atomic E-state index is 0.0653. The van der Waals surface area contributed by atoms with Crippen LogP contribution in [0.25, 0.3) is 0 Å². The summed E-state index contributed by atoms with van der Waals surface area (Å²) in [6, 6.07) is 35.5. The van der Waals surface area contributed by atoms with Crippen LogP contribution in [0.3, 0.4) is 0 Å². The Hall–Kier alpha value is -4.74. The van der Waals surface area contributed by atoms with Crippen LogP contribution < -0.4 is 9.47 Å². The van der Waals surface area contributed by atoms with Gasteiger partial charge in [-0.15, -0.1) is 0 Å². The number of hydrogen-bond donors (Lipinski definition) is 0. The number of ether oxygens (including phenoxy) is 6. The van der Waals surface area contributed by atoms with Crippen molar-refractivity contribution in [2.45, 2.75) is 76.5 Å². The van der Waals surface area contributed by atoms with E-state index in [-0.39, 0.29) is 19.8 Å². The molecule has 1 aliphatic rings. The summed E-state index contributed by atoms with van der Waals surface area (Å²) < 4.78 is 43.7. The lowest BCUT2D eigenvalue weighted by Crippen LogP contribution is -2.57. The zero-order chi connectivity index (χ0) is 37.6. The molecule has 4 aromatic carbocycles. The fraction of sp³-hybridized carbons (Fsp3) is 0.349. The van der Waals surface area contributed by atoms with Crippen molar-refractivity contribution < 1.29 is 42.4 Å². The fourth-order valence-corrected chi connectivity index (χ4v) is 9.20. The first-order valence-electron chi connectivity index (χ1n) is 18.2. The lowest BCUT2D eigenvalue weighted by molar-refractivity contribution is -0.146. The highest BCUT2D eigenvalue weighted by atomic mass is 28.4. The first-order chi connectivity index (χ1) is 25.8. The topological polar surface area (TPSA) is 98.8 Å². The van der Waals surface area contributed by atoms with Crippen molar-refractivity contribution in [2.24, 2.45) is 0 Å². The number of carbonyl (C=O) groups is 2. The Bertz CT molecular complexity index is 1750. The molecule has 0 aliphatic heterocycles. The van der Waals surface area contributed by atoms with Crippen LogP contribution in [0.5, 0.6) is 11.5 Å². The Kier molecular flexibility index (Phi) is 14.4. The molecule has 0 heterocycles. The van der Waals surface area contributed by atoms with E-state index in [1.807, 2.05) is 66.7 Å². The van der Waals surface area contributed by atoms with Gasteiger partial charge in [-0.1, -0.05) is 81.4 Å². The molecule has 0 aromatic heterocycles. The molecule has 9 nitrogen and oxygen atoms in total. The second-order valence-electron chi connectivity index (χ2n) is 12.9. The largest absolute Gasteiger partial charge is 0.497 e. The molecule has 5 rings (SSSR count). The van der Waals surface area contributed by atoms with Crippen LogP contribution in [-0.4, -0.2) is 65.5 Å². The molecular formula is C43H50O9Si. The highest BCUT2D eigenvalue weighted by Crippen LogP contribution is 2.36. The summed E-state index contributed by atoms with van der Waals surface area (Å²) in [5, 5.41) is 0. The Morgan fingerprint density at radius 3 is 1.57 bits per heavy atom. The highest BCUT2D eigenvalue weighted by molar-refractivity contribution is 6.73. The molecule has 280 valence electrons. The quantitative estimate of drug-likeness (QED) is 0.0565. The Labute approximate surface area is 313 Å². The van der Waals surface area contributed by atoms with Gasteiger partial charge in [-0.05, 0) is 89.4 Å². The van der Waals surface area contributed by atoms with Gasteiger partial charge in [-0.3, -0.25) is 0 Å². The molecule has 0 N–H and O–H groups in total. The molecule has 4 aromatic rings. The number of hydrogen-bond acceptors (Lipinski definition) is 9. The maximum atomic E-state index is 13.8. The van der Waals surface area contributed by atoms with E-state index in [1.54, 1.807) is 62.8 Å². The normalized spacial score (nSPS) is 18.5. The molecule has 0 amide bonds. The van der Waals surface area contributed by atoms with E-state index >= 15 is 0 Å². The van der Waals surface area contributed by atoms with Crippen LogP contribution in [-0.2, 0) is 36.6 Å². The van der Waals surface area contributed by atoms with E-state index in [9.17, 15) is 9.59 Å². The Balaban J connectivity index is 1.57. The van der Waals surface area contributed by atoms with Gasteiger partial charge in [0.2, 0.25) is 0 Å². The van der Waals surface area contributed by atoms with E-state index in [2.05, 4.69) is 20.8 Å². The average molecular weight is 739 g/mol. The predicted molar refractivity (Wildman–Crippen MR) is 206 cm³/mol. The highest BCUT2D eigenvalue weighted by Gasteiger charge is 2.48. The first kappa shape index (κ1) is 39.5. The van der Waals surface area contributed by atoms with E-state index in [0.29, 0.717) is 16.7 Å². The summed E-state index contributed by atoms with van der Waals surface area (Å²) in [4.78, 5) is 27.1. The minimum Gasteiger partial charge on any atom is -0.497 e. The third-order valence-electron chi connectivity index (χ3n) is 9.83. The molecule has 0 bridgehead atoms. The van der Waals surface area contributed by atoms with E-state index < -0.39 is 44.7 Å². The van der Waals surface area contributed by atoms with Crippen molar-refractivity contribution in [2.75, 3.05) is 20.8 Å². The molecule has 1 aliphatic carbocycles. The summed E-state index contributed by atoms with van der Waals surface area (Å²) in [5.74, 6) is 0.484. The maximum absolute atomic E-state index is 13.8. The van der Waals surface area contributed by atoms with Crippen molar-refractivity contribution in [3.8, 4) is 11.5 Å². The monoisotopic (exact) mass is 738 g/mol. The minimum atomic E-state index is -2.34. The number of methoxy groups -OCH3 is 2. The van der Waals surface area contributed by atoms with Gasteiger partial charge < -0.3 is 32.8 Å². The molecular weight excluding hydrogens is 689 g/mol. The van der Waals surface area contributed by atoms with Crippen LogP contribution in [0.4, 0.5) is 0 Å². The third kappa shape index (κ3) is 10.4. The molecule has 0 spiro atoms. The second-order valence-corrected chi connectivity index (χ2v) is 17.7. The number of esters is 2. The molecule has 10 heteroatoms. The molecule has 0 saturated carbocycles. The van der Waals surface area contributed by atoms with Crippen molar-refractivity contribution >= 4 is 20.3 Å². The van der Waals surface area contributed by atoms with E-state index in [1.165, 1.54) is 0 Å². The summed E-state index contributed by atoms with van der Waals surface area (Å²) in [6.45, 7) is 6.79. The van der Waals surface area contributed by atoms with Gasteiger partial charge in [-0.25, -0.2) is 9.59 Å². The van der Waals surface area contributed by atoms with Gasteiger partial charge in [0, 0.05) is 0 Å². The summed E-state index contributed by atoms with van der Waals surface area (Å²) in [7, 11) is 0.905. The van der Waals surface area contributed by atoms with Gasteiger partial charge >= 0.3 is 11.9 Å². The molecule has 4 atom stereocenters. The van der Waals surface area contributed by atoms with Crippen molar-refractivity contribution in [1.82, 2.24) is 0 Å². The van der Waals surface area contributed by atoms with Crippen molar-refractivity contribution in [3.05, 3.63) is 143 Å². The molecule has 0 fully saturated rings. The average Bonchev–Trinajstić information content (AvgIpc) is 3.22. The van der Waals surface area contributed by atoms with Crippen molar-refractivity contribution in [1.29, 1.82) is 0 Å². The van der Waals surface area contributed by atoms with Crippen molar-refractivity contribution in [3.63, 3.8) is 0 Å². The second kappa shape index (κ2) is 19.4. The lowest BCUT2D eigenvalue weighted by Gasteiger charge is -2.44. The van der Waals surface area contributed by atoms with Crippen LogP contribution in [0.15, 0.2) is 121 Å². The van der Waals surface area contributed by atoms with Crippen LogP contribution in [0.1, 0.15) is 52.6 Å². The first-order valence-corrected chi connectivity index (χ1v) is 20.7. The third-order valence-corrected chi connectivity index (χ3v) is 14.5. The van der Waals surface area contributed by atoms with Gasteiger partial charge in [0.05, 0.1) is 44.7 Å². The smallest absolute Gasteiger partial charge is 0.338 e. The fourth-order valence-electron chi connectivity index (χ4n) is 6.37. The van der Waals surface area contributed by atoms with Gasteiger partial charge in [-0.2, -0.15) is 0 Å². The maximum Gasteiger partial charge on any atom is 0.338 e. The van der Waals surface area contributed by atoms with Crippen LogP contribution in [0.2, 0.25) is 18.1 Å². The van der Waals surface area contributed by atoms with Gasteiger partial charge in [0.1, 0.15) is 30.3 Å². The standard InChI is InChI=1S/C43H50O9Si/c1-6-53(7-2,8-3)52-39-35(30-50-42(44)33-15-11-9-12-16-33)27-38(48-28-31-19-23-36(46-4)24-20-31)40(51-43(45)34-17-13-10-14-18-34)41(39)49-29-32-21-25-37(47-5)26-22-32/h9-27,38-41H,6-8,28-30H2,1-5H3/t38-,39-,40+,41+/m1/s1. The molecule has 0 radical (unpaired) electrons. The molecule has 0 unspecified atom stereocenters. The SMILES string of the molecule is CC[Si](CC)(CC)O[C@@H]1C(COC(=O)c2ccccc2)=C[C@@H](OCc2ccc(OC)cc2)[C@H](OC(=O)c2ccccc2)[C@H]1OCc1ccc(OC)cc1. The Morgan fingerprint density at radius 1 is 0.585 bits per heavy atom. The van der Waals surface area contributed by atoms with E-state index in [0.717, 1.165) is 40.8 Å². The number of rotatable bonds is 18. The number of carbonyl (C=O) groups excluding carboxylic acids is 2. The van der Waals surface area contributed by atoms with Crippen LogP contribution >= 0.6 is 0 Å². The van der Waals surface area contributed by atoms with Gasteiger partial charge in [0.15, 0.2) is 14.4 Å². The van der Waals surface area contributed by atoms with E-state index in [4.69, 9.17) is 32.8 Å². The van der Waals surface area contributed by atoms with Crippen LogP contribution in [0, 0.1) is 0 Å². The predicted octanol–water partition coefficient (Wildman–Crippen LogP) is 8.59. The summed E-state index contributed by atoms with van der Waals surface area (Å²) in [6.07, 6.45) is -1.33. The van der Waals surface area contributed by atoms with Gasteiger partial charge in [0.25, 0.3) is 0 Å². The zero-order valence-electron chi connectivity index (χ0n) is 31.2.